The molecule has 3 saturated heterocycles. The van der Waals surface area contributed by atoms with Gasteiger partial charge >= 0.3 is 0 Å². The molecule has 0 aliphatic carbocycles. The van der Waals surface area contributed by atoms with E-state index in [2.05, 4.69) is 6.58 Å². The second-order valence-corrected chi connectivity index (χ2v) is 9.97. The number of unbranched alkanes of at least 4 members (excludes halogenated alkanes) is 2. The Morgan fingerprint density at radius 2 is 1.00 bits per heavy atom. The van der Waals surface area contributed by atoms with Crippen molar-refractivity contribution in [3.8, 4) is 0 Å². The predicted molar refractivity (Wildman–Crippen MR) is 129 cm³/mol. The Balaban J connectivity index is 1.65. The van der Waals surface area contributed by atoms with Crippen molar-refractivity contribution in [1.82, 2.24) is 0 Å². The Bertz CT molecular complexity index is 754. The van der Waals surface area contributed by atoms with Crippen molar-refractivity contribution in [2.24, 2.45) is 0 Å². The molecule has 0 spiro atoms. The number of aliphatic hydroxyl groups excluding tert-OH is 10. The summed E-state index contributed by atoms with van der Waals surface area (Å²) in [5.41, 5.74) is 0. The normalized spacial score (nSPS) is 46.3. The van der Waals surface area contributed by atoms with Crippen molar-refractivity contribution in [2.75, 3.05) is 26.4 Å². The third kappa shape index (κ3) is 7.54. The van der Waals surface area contributed by atoms with E-state index in [0.717, 1.165) is 12.8 Å². The van der Waals surface area contributed by atoms with Crippen LogP contribution in [0.2, 0.25) is 0 Å². The number of aliphatic hydroxyl groups is 10. The summed E-state index contributed by atoms with van der Waals surface area (Å²) < 4.78 is 33.0. The van der Waals surface area contributed by atoms with Gasteiger partial charge in [-0.15, -0.1) is 6.58 Å². The zero-order chi connectivity index (χ0) is 29.6. The maximum absolute atomic E-state index is 10.8. The predicted octanol–water partition coefficient (Wildman–Crippen LogP) is -5.19. The van der Waals surface area contributed by atoms with Crippen molar-refractivity contribution in [1.29, 1.82) is 0 Å². The third-order valence-electron chi connectivity index (χ3n) is 7.16. The Morgan fingerprint density at radius 3 is 1.50 bits per heavy atom. The molecule has 0 unspecified atom stereocenters. The first-order valence-corrected chi connectivity index (χ1v) is 13.2. The van der Waals surface area contributed by atoms with Crippen molar-refractivity contribution >= 4 is 0 Å². The molecule has 3 heterocycles. The van der Waals surface area contributed by atoms with Gasteiger partial charge in [-0.25, -0.2) is 0 Å². The molecule has 40 heavy (non-hydrogen) atoms. The lowest BCUT2D eigenvalue weighted by atomic mass is 9.96. The maximum Gasteiger partial charge on any atom is 0.187 e. The van der Waals surface area contributed by atoms with Gasteiger partial charge < -0.3 is 79.5 Å². The number of hydrogen-bond donors (Lipinski definition) is 10. The molecule has 16 nitrogen and oxygen atoms in total. The fourth-order valence-corrected chi connectivity index (χ4v) is 4.77. The topological polar surface area (TPSA) is 258 Å². The molecular formula is C24H42O16. The minimum Gasteiger partial charge on any atom is -0.394 e. The van der Waals surface area contributed by atoms with Crippen LogP contribution in [0, 0.1) is 0 Å². The number of ether oxygens (including phenoxy) is 6. The van der Waals surface area contributed by atoms with Crippen LogP contribution in [0.5, 0.6) is 0 Å². The van der Waals surface area contributed by atoms with Crippen LogP contribution in [-0.4, -0.2) is 170 Å². The van der Waals surface area contributed by atoms with E-state index in [1.165, 1.54) is 0 Å². The maximum atomic E-state index is 10.8. The zero-order valence-corrected chi connectivity index (χ0v) is 21.8. The molecule has 0 aromatic heterocycles. The van der Waals surface area contributed by atoms with Crippen LogP contribution < -0.4 is 0 Å². The van der Waals surface area contributed by atoms with E-state index < -0.39 is 112 Å². The van der Waals surface area contributed by atoms with E-state index in [1.807, 2.05) is 0 Å². The molecule has 0 aromatic rings. The summed E-state index contributed by atoms with van der Waals surface area (Å²) in [4.78, 5) is 0. The molecule has 0 bridgehead atoms. The summed E-state index contributed by atoms with van der Waals surface area (Å²) in [6.07, 6.45) is -20.0. The van der Waals surface area contributed by atoms with Crippen molar-refractivity contribution in [3.63, 3.8) is 0 Å². The van der Waals surface area contributed by atoms with Gasteiger partial charge in [0.05, 0.1) is 19.8 Å². The second-order valence-electron chi connectivity index (χ2n) is 9.97. The molecule has 3 fully saturated rings. The van der Waals surface area contributed by atoms with Crippen molar-refractivity contribution in [3.05, 3.63) is 12.7 Å². The van der Waals surface area contributed by atoms with Crippen molar-refractivity contribution in [2.45, 2.75) is 111 Å². The molecule has 16 heteroatoms. The van der Waals surface area contributed by atoms with Crippen LogP contribution in [0.15, 0.2) is 12.7 Å². The van der Waals surface area contributed by atoms with Crippen molar-refractivity contribution < 1.29 is 79.5 Å². The quantitative estimate of drug-likeness (QED) is 0.0714. The molecule has 0 aromatic carbocycles. The summed E-state index contributed by atoms with van der Waals surface area (Å²) in [5.74, 6) is 0. The first-order valence-electron chi connectivity index (χ1n) is 13.2. The highest BCUT2D eigenvalue weighted by molar-refractivity contribution is 4.96. The van der Waals surface area contributed by atoms with Gasteiger partial charge in [0.15, 0.2) is 18.9 Å². The number of rotatable bonds is 13. The summed E-state index contributed by atoms with van der Waals surface area (Å²) in [6.45, 7) is 1.62. The molecule has 0 saturated carbocycles. The molecule has 3 rings (SSSR count). The Morgan fingerprint density at radius 1 is 0.550 bits per heavy atom. The lowest BCUT2D eigenvalue weighted by Gasteiger charge is -2.48. The van der Waals surface area contributed by atoms with Gasteiger partial charge in [-0.05, 0) is 19.3 Å². The largest absolute Gasteiger partial charge is 0.394 e. The average molecular weight is 587 g/mol. The molecule has 0 radical (unpaired) electrons. The smallest absolute Gasteiger partial charge is 0.187 e. The van der Waals surface area contributed by atoms with Gasteiger partial charge in [0.2, 0.25) is 0 Å². The van der Waals surface area contributed by atoms with E-state index in [4.69, 9.17) is 28.4 Å². The first kappa shape index (κ1) is 33.6. The van der Waals surface area contributed by atoms with Gasteiger partial charge in [-0.3, -0.25) is 0 Å². The van der Waals surface area contributed by atoms with E-state index >= 15 is 0 Å². The van der Waals surface area contributed by atoms with E-state index in [-0.39, 0.29) is 6.61 Å². The van der Waals surface area contributed by atoms with E-state index in [1.54, 1.807) is 6.08 Å². The number of hydrogen-bond acceptors (Lipinski definition) is 16. The van der Waals surface area contributed by atoms with Crippen LogP contribution in [0.3, 0.4) is 0 Å². The fourth-order valence-electron chi connectivity index (χ4n) is 4.77. The molecule has 0 amide bonds. The van der Waals surface area contributed by atoms with Gasteiger partial charge in [0, 0.05) is 6.61 Å². The zero-order valence-electron chi connectivity index (χ0n) is 21.8. The summed E-state index contributed by atoms with van der Waals surface area (Å²) >= 11 is 0. The molecule has 10 N–H and O–H groups in total. The molecular weight excluding hydrogens is 544 g/mol. The lowest BCUT2D eigenvalue weighted by Crippen LogP contribution is -2.66. The minimum atomic E-state index is -1.89. The number of allylic oxidation sites excluding steroid dienone is 1. The SMILES string of the molecule is C=CCCCCO[C@@H]1O[C@H](CO)[C@@H](O[C@@H]2O[C@H](CO)[C@H](O[C@H]3O[C@H](CO)[C@H](O)[C@H](O)[C@H]3O)[C@H](O)[C@H]2O)[C@H](O)[C@H]1O. The van der Waals surface area contributed by atoms with Gasteiger partial charge in [-0.2, -0.15) is 0 Å². The Labute approximate surface area is 230 Å². The third-order valence-corrected chi connectivity index (χ3v) is 7.16. The molecule has 3 aliphatic heterocycles. The summed E-state index contributed by atoms with van der Waals surface area (Å²) in [7, 11) is 0. The van der Waals surface area contributed by atoms with Crippen LogP contribution >= 0.6 is 0 Å². The lowest BCUT2D eigenvalue weighted by molar-refractivity contribution is -0.379. The van der Waals surface area contributed by atoms with Gasteiger partial charge in [0.1, 0.15) is 73.2 Å². The van der Waals surface area contributed by atoms with Gasteiger partial charge in [-0.1, -0.05) is 6.08 Å². The first-order chi connectivity index (χ1) is 19.1. The van der Waals surface area contributed by atoms with Crippen LogP contribution in [0.25, 0.3) is 0 Å². The van der Waals surface area contributed by atoms with Crippen LogP contribution in [0.4, 0.5) is 0 Å². The summed E-state index contributed by atoms with van der Waals surface area (Å²) in [6, 6.07) is 0. The second kappa shape index (κ2) is 15.5. The van der Waals surface area contributed by atoms with Crippen LogP contribution in [-0.2, 0) is 28.4 Å². The summed E-state index contributed by atoms with van der Waals surface area (Å²) in [5, 5.41) is 102. The fraction of sp³-hybridized carbons (Fsp3) is 0.917. The Hall–Kier alpha value is -0.900. The van der Waals surface area contributed by atoms with E-state index in [9.17, 15) is 51.1 Å². The highest BCUT2D eigenvalue weighted by atomic mass is 16.8. The molecule has 234 valence electrons. The van der Waals surface area contributed by atoms with E-state index in [0.29, 0.717) is 6.42 Å². The minimum absolute atomic E-state index is 0.205. The highest BCUT2D eigenvalue weighted by Crippen LogP contribution is 2.32. The average Bonchev–Trinajstić information content (AvgIpc) is 2.95. The van der Waals surface area contributed by atoms with Gasteiger partial charge in [0.25, 0.3) is 0 Å². The molecule has 15 atom stereocenters. The highest BCUT2D eigenvalue weighted by Gasteiger charge is 2.53. The van der Waals surface area contributed by atoms with Crippen LogP contribution in [0.1, 0.15) is 19.3 Å². The monoisotopic (exact) mass is 586 g/mol. The molecule has 3 aliphatic rings. The standard InChI is InChI=1S/C24H42O16/c1-2-3-4-5-6-35-22-18(33)15(30)20(11(8-26)37-22)40-24-19(34)16(31)21(12(9-27)38-24)39-23-17(32)14(29)13(28)10(7-25)36-23/h2,10-34H,1,3-9H2/t10-,11-,12-,13+,14+,15-,16-,17-,18-,19-,20-,21+,22-,23-,24+/m1/s1. The Kier molecular flexibility index (Phi) is 13.0.